The molecule has 5 N–H and O–H groups in total. The Hall–Kier alpha value is -1.85. The van der Waals surface area contributed by atoms with Crippen LogP contribution in [0.25, 0.3) is 0 Å². The Bertz CT molecular complexity index is 1730. The van der Waals surface area contributed by atoms with E-state index in [1.54, 1.807) is 0 Å². The summed E-state index contributed by atoms with van der Waals surface area (Å²) in [4.78, 5) is 61.2. The second-order valence-electron chi connectivity index (χ2n) is 24.5. The third kappa shape index (κ3) is 38.5. The standard InChI is InChI=1S/C66H122N2O15P2/c1-7-12-16-20-23-26-27-28-29-30-31-33-35-39-43-47-57(70)67-60-64(78-50-48-53(6)45-41-37-19-15-10-4)62(82-84(73)74)55(11-5)80-65(60)79-52-56-61(72)63(77-49-44-40-36-25-22-18-14-9-3)59(66(81-56)83-85(75)76)68-58(71)51-54(69)46-42-38-34-32-24-21-17-13-8-2/h26-27,53,55-56,59-66,72H,7-25,28-52H2,1-6H3,(H2-2,67,68,70,71,73,74,75,76)/p+2/b27-26-. The summed E-state index contributed by atoms with van der Waals surface area (Å²) in [5, 5.41) is 18.1. The maximum atomic E-state index is 14.0. The van der Waals surface area contributed by atoms with Crippen LogP contribution in [0, 0.1) is 5.92 Å². The molecule has 0 radical (unpaired) electrons. The average Bonchev–Trinajstić information content (AvgIpc) is 1.94. The van der Waals surface area contributed by atoms with Gasteiger partial charge in [-0.25, -0.2) is 0 Å². The zero-order valence-corrected chi connectivity index (χ0v) is 56.0. The second-order valence-corrected chi connectivity index (χ2v) is 25.9. The molecule has 0 aliphatic carbocycles. The van der Waals surface area contributed by atoms with E-state index in [4.69, 9.17) is 32.7 Å². The van der Waals surface area contributed by atoms with Crippen molar-refractivity contribution in [1.82, 2.24) is 10.6 Å². The monoisotopic (exact) mass is 1250 g/mol. The van der Waals surface area contributed by atoms with Crippen molar-refractivity contribution in [2.75, 3.05) is 19.8 Å². The normalized spacial score (nSPS) is 23.3. The quantitative estimate of drug-likeness (QED) is 0.0165. The molecule has 0 aromatic heterocycles. The summed E-state index contributed by atoms with van der Waals surface area (Å²) in [5.41, 5.74) is 0. The summed E-state index contributed by atoms with van der Waals surface area (Å²) in [6.07, 6.45) is 35.3. The molecule has 2 aliphatic heterocycles. The first-order valence-electron chi connectivity index (χ1n) is 34.5. The molecular formula is C66H124N2O15P2+2. The summed E-state index contributed by atoms with van der Waals surface area (Å²) in [7, 11) is -6.43. The van der Waals surface area contributed by atoms with Gasteiger partial charge in [-0.2, -0.15) is 0 Å². The van der Waals surface area contributed by atoms with Gasteiger partial charge in [-0.3, -0.25) is 14.4 Å². The zero-order valence-electron chi connectivity index (χ0n) is 54.3. The summed E-state index contributed by atoms with van der Waals surface area (Å²) < 4.78 is 68.5. The molecule has 2 rings (SSSR count). The molecule has 85 heavy (non-hydrogen) atoms. The van der Waals surface area contributed by atoms with E-state index >= 15 is 0 Å². The fraction of sp³-hybridized carbons (Fsp3) is 0.924. The zero-order chi connectivity index (χ0) is 62.1. The summed E-state index contributed by atoms with van der Waals surface area (Å²) in [6.45, 7) is 12.9. The lowest BCUT2D eigenvalue weighted by Gasteiger charge is -2.46. The molecule has 13 unspecified atom stereocenters. The first-order valence-corrected chi connectivity index (χ1v) is 36.8. The van der Waals surface area contributed by atoms with Crippen molar-refractivity contribution >= 4 is 34.1 Å². The van der Waals surface area contributed by atoms with E-state index in [9.17, 15) is 38.4 Å². The van der Waals surface area contributed by atoms with E-state index < -0.39 is 96.7 Å². The van der Waals surface area contributed by atoms with Gasteiger partial charge in [0.25, 0.3) is 0 Å². The number of carbonyl (C=O) groups is 3. The Morgan fingerprint density at radius 2 is 0.929 bits per heavy atom. The van der Waals surface area contributed by atoms with Crippen LogP contribution in [0.5, 0.6) is 0 Å². The number of rotatable bonds is 57. The van der Waals surface area contributed by atoms with Crippen molar-refractivity contribution in [1.29, 1.82) is 0 Å². The number of hydrogen-bond acceptors (Lipinski definition) is 13. The lowest BCUT2D eigenvalue weighted by Crippen LogP contribution is -2.67. The van der Waals surface area contributed by atoms with Crippen LogP contribution in [0.3, 0.4) is 0 Å². The number of nitrogens with one attached hydrogen (secondary N) is 2. The predicted molar refractivity (Wildman–Crippen MR) is 339 cm³/mol. The molecule has 2 aliphatic rings. The van der Waals surface area contributed by atoms with Crippen LogP contribution in [-0.4, -0.2) is 114 Å². The smallest absolute Gasteiger partial charge is 0.388 e. The van der Waals surface area contributed by atoms with Crippen LogP contribution in [0.1, 0.15) is 305 Å². The minimum Gasteiger partial charge on any atom is -0.388 e. The maximum Gasteiger partial charge on any atom is 0.697 e. The lowest BCUT2D eigenvalue weighted by atomic mass is 9.94. The Kier molecular flexibility index (Phi) is 49.3. The number of carbonyl (C=O) groups excluding carboxylic acids is 3. The number of ketones is 1. The van der Waals surface area contributed by atoms with Crippen molar-refractivity contribution in [3.05, 3.63) is 12.2 Å². The van der Waals surface area contributed by atoms with Crippen LogP contribution < -0.4 is 10.6 Å². The molecule has 0 spiro atoms. The molecular weight excluding hydrogens is 1120 g/mol. The highest BCUT2D eigenvalue weighted by Crippen LogP contribution is 2.36. The fourth-order valence-electron chi connectivity index (χ4n) is 11.6. The Balaban J connectivity index is 2.34. The maximum absolute atomic E-state index is 14.0. The van der Waals surface area contributed by atoms with Gasteiger partial charge in [-0.05, 0) is 63.7 Å². The van der Waals surface area contributed by atoms with E-state index in [1.165, 1.54) is 103 Å². The summed E-state index contributed by atoms with van der Waals surface area (Å²) >= 11 is 0. The van der Waals surface area contributed by atoms with Crippen LogP contribution in [0.2, 0.25) is 0 Å². The molecule has 0 saturated carbocycles. The Labute approximate surface area is 517 Å². The van der Waals surface area contributed by atoms with Crippen LogP contribution in [-0.2, 0) is 56.2 Å². The van der Waals surface area contributed by atoms with Crippen molar-refractivity contribution in [2.24, 2.45) is 5.92 Å². The predicted octanol–water partition coefficient (Wildman–Crippen LogP) is 16.1. The van der Waals surface area contributed by atoms with E-state index in [-0.39, 0.29) is 37.7 Å². The van der Waals surface area contributed by atoms with Gasteiger partial charge in [-0.15, -0.1) is 14.3 Å². The van der Waals surface area contributed by atoms with E-state index in [1.807, 2.05) is 6.92 Å². The average molecular weight is 1250 g/mol. The third-order valence-electron chi connectivity index (χ3n) is 16.8. The van der Waals surface area contributed by atoms with Gasteiger partial charge in [0.2, 0.25) is 18.1 Å². The molecule has 17 nitrogen and oxygen atoms in total. The van der Waals surface area contributed by atoms with E-state index in [0.717, 1.165) is 109 Å². The minimum atomic E-state index is -3.31. The highest BCUT2D eigenvalue weighted by atomic mass is 31.1. The highest BCUT2D eigenvalue weighted by molar-refractivity contribution is 7.32. The van der Waals surface area contributed by atoms with Crippen molar-refractivity contribution in [3.8, 4) is 0 Å². The molecule has 496 valence electrons. The van der Waals surface area contributed by atoms with Crippen molar-refractivity contribution in [2.45, 2.75) is 366 Å². The molecule has 19 heteroatoms. The number of unbranched alkanes of at least 4 members (excludes halogenated alkanes) is 30. The number of hydrogen-bond donors (Lipinski definition) is 5. The van der Waals surface area contributed by atoms with Gasteiger partial charge in [0.15, 0.2) is 12.4 Å². The van der Waals surface area contributed by atoms with E-state index in [0.29, 0.717) is 38.0 Å². The highest BCUT2D eigenvalue weighted by Gasteiger charge is 2.54. The number of allylic oxidation sites excluding steroid dienone is 2. The largest absolute Gasteiger partial charge is 0.697 e. The van der Waals surface area contributed by atoms with E-state index in [2.05, 4.69) is 57.4 Å². The van der Waals surface area contributed by atoms with Gasteiger partial charge in [0, 0.05) is 35.2 Å². The summed E-state index contributed by atoms with van der Waals surface area (Å²) in [6, 6.07) is -2.35. The van der Waals surface area contributed by atoms with Gasteiger partial charge in [-0.1, -0.05) is 244 Å². The fourth-order valence-corrected chi connectivity index (χ4v) is 12.4. The van der Waals surface area contributed by atoms with Crippen molar-refractivity contribution in [3.63, 3.8) is 0 Å². The number of Topliss-reactive ketones (excluding diaryl/α,β-unsaturated/α-hetero) is 1. The number of aliphatic hydroxyl groups is 1. The molecule has 0 aromatic rings. The Morgan fingerprint density at radius 1 is 0.482 bits per heavy atom. The number of amides is 2. The SMILES string of the molecule is CCCCCC/C=C\CCCCCCCCCC(=O)NC1C(OCC2OC(O[P+](=O)O)C(NC(=O)CC(=O)CCCCCCCCCCC)C(OCCCCCCCCCC)C2O)OC(CC)C(O[P+](=O)O)C1OCCC(C)CCCCCCC. The molecule has 2 heterocycles. The van der Waals surface area contributed by atoms with Crippen LogP contribution in [0.4, 0.5) is 0 Å². The minimum absolute atomic E-state index is 0.187. The molecule has 2 fully saturated rings. The van der Waals surface area contributed by atoms with Crippen LogP contribution in [0.15, 0.2) is 12.2 Å². The number of aliphatic hydroxyl groups excluding tert-OH is 1. The first kappa shape index (κ1) is 79.2. The molecule has 2 saturated heterocycles. The lowest BCUT2D eigenvalue weighted by molar-refractivity contribution is -0.296. The summed E-state index contributed by atoms with van der Waals surface area (Å²) in [5.74, 6) is -0.854. The number of ether oxygens (including phenoxy) is 5. The van der Waals surface area contributed by atoms with Crippen LogP contribution >= 0.6 is 16.5 Å². The second kappa shape index (κ2) is 52.9. The van der Waals surface area contributed by atoms with Gasteiger partial charge in [0.1, 0.15) is 42.3 Å². The molecule has 13 atom stereocenters. The topological polar surface area (TPSA) is 235 Å². The molecule has 2 amide bonds. The van der Waals surface area contributed by atoms with Gasteiger partial charge >= 0.3 is 16.5 Å². The first-order chi connectivity index (χ1) is 41.3. The molecule has 0 bridgehead atoms. The van der Waals surface area contributed by atoms with Gasteiger partial charge in [0.05, 0.1) is 19.1 Å². The van der Waals surface area contributed by atoms with Crippen molar-refractivity contribution < 1.29 is 71.1 Å². The Morgan fingerprint density at radius 3 is 1.47 bits per heavy atom. The van der Waals surface area contributed by atoms with Gasteiger partial charge < -0.3 is 39.4 Å². The third-order valence-corrected chi connectivity index (χ3v) is 17.6. The molecule has 0 aromatic carbocycles.